The number of amides is 2. The van der Waals surface area contributed by atoms with Crippen LogP contribution in [0.4, 0.5) is 0 Å². The van der Waals surface area contributed by atoms with E-state index in [0.29, 0.717) is 11.0 Å². The van der Waals surface area contributed by atoms with Gasteiger partial charge in [0.05, 0.1) is 24.1 Å². The molecule has 0 saturated heterocycles. The maximum Gasteiger partial charge on any atom is 0.239 e. The van der Waals surface area contributed by atoms with Crippen LogP contribution in [0.3, 0.4) is 0 Å². The molecule has 118 valence electrons. The number of nitrogens with zero attached hydrogens (tertiary/aromatic N) is 3. The molecular weight excluding hydrogens is 306 g/mol. The Morgan fingerprint density at radius 2 is 2.14 bits per heavy atom. The van der Waals surface area contributed by atoms with Crippen molar-refractivity contribution < 1.29 is 14.0 Å². The summed E-state index contributed by atoms with van der Waals surface area (Å²) in [6, 6.07) is 1.82. The minimum absolute atomic E-state index is 0.0336. The molecule has 0 aliphatic rings. The summed E-state index contributed by atoms with van der Waals surface area (Å²) in [5.74, 6) is 1.12. The first-order chi connectivity index (χ1) is 10.5. The third kappa shape index (κ3) is 3.67. The van der Waals surface area contributed by atoms with E-state index in [1.54, 1.807) is 10.8 Å². The van der Waals surface area contributed by atoms with Gasteiger partial charge in [-0.1, -0.05) is 11.8 Å². The Morgan fingerprint density at radius 3 is 2.77 bits per heavy atom. The molecule has 0 aliphatic carbocycles. The van der Waals surface area contributed by atoms with Crippen molar-refractivity contribution in [2.75, 3.05) is 19.3 Å². The van der Waals surface area contributed by atoms with Crippen molar-refractivity contribution in [1.29, 1.82) is 0 Å². The van der Waals surface area contributed by atoms with Crippen LogP contribution in [-0.2, 0) is 16.6 Å². The second-order valence-electron chi connectivity index (χ2n) is 4.49. The third-order valence-corrected chi connectivity index (χ3v) is 4.01. The smallest absolute Gasteiger partial charge is 0.239 e. The van der Waals surface area contributed by atoms with Gasteiger partial charge in [-0.3, -0.25) is 9.59 Å². The molecule has 22 heavy (non-hydrogen) atoms. The average Bonchev–Trinajstić information content (AvgIpc) is 3.08. The molecule has 2 aromatic heterocycles. The van der Waals surface area contributed by atoms with Gasteiger partial charge in [0.1, 0.15) is 5.76 Å². The topological polar surface area (TPSA) is 102 Å². The Hall–Kier alpha value is -2.29. The van der Waals surface area contributed by atoms with Gasteiger partial charge in [-0.25, -0.2) is 0 Å². The summed E-state index contributed by atoms with van der Waals surface area (Å²) < 4.78 is 7.06. The van der Waals surface area contributed by atoms with Gasteiger partial charge in [0.25, 0.3) is 0 Å². The Kier molecular flexibility index (Phi) is 5.21. The number of carbonyl (C=O) groups is 2. The summed E-state index contributed by atoms with van der Waals surface area (Å²) >= 11 is 1.25. The molecule has 2 rings (SSSR count). The van der Waals surface area contributed by atoms with Gasteiger partial charge in [0.15, 0.2) is 11.0 Å². The second kappa shape index (κ2) is 7.12. The highest BCUT2D eigenvalue weighted by Crippen LogP contribution is 2.25. The van der Waals surface area contributed by atoms with Gasteiger partial charge in [0.2, 0.25) is 11.8 Å². The molecule has 2 amide bonds. The van der Waals surface area contributed by atoms with Crippen molar-refractivity contribution in [1.82, 2.24) is 25.4 Å². The minimum Gasteiger partial charge on any atom is -0.469 e. The van der Waals surface area contributed by atoms with E-state index in [2.05, 4.69) is 20.8 Å². The summed E-state index contributed by atoms with van der Waals surface area (Å²) in [5.41, 5.74) is 0.867. The van der Waals surface area contributed by atoms with Crippen LogP contribution < -0.4 is 10.6 Å². The summed E-state index contributed by atoms with van der Waals surface area (Å²) in [6.45, 7) is 1.82. The lowest BCUT2D eigenvalue weighted by atomic mass is 10.2. The Balaban J connectivity index is 1.95. The summed E-state index contributed by atoms with van der Waals surface area (Å²) in [4.78, 5) is 22.7. The molecule has 0 unspecified atom stereocenters. The fourth-order valence-corrected chi connectivity index (χ4v) is 2.48. The van der Waals surface area contributed by atoms with Gasteiger partial charge in [-0.05, 0) is 13.0 Å². The van der Waals surface area contributed by atoms with E-state index in [1.807, 2.05) is 20.0 Å². The van der Waals surface area contributed by atoms with E-state index in [0.717, 1.165) is 11.3 Å². The quantitative estimate of drug-likeness (QED) is 0.743. The Labute approximate surface area is 131 Å². The number of likely N-dealkylation sites (N-methyl/N-ethyl adjacent to an activating group) is 1. The number of aryl methyl sites for hydroxylation is 1. The van der Waals surface area contributed by atoms with Gasteiger partial charge >= 0.3 is 0 Å². The number of rotatable bonds is 6. The first-order valence-electron chi connectivity index (χ1n) is 6.57. The molecular formula is C13H17N5O3S. The lowest BCUT2D eigenvalue weighted by molar-refractivity contribution is -0.124. The number of hydrogen-bond acceptors (Lipinski definition) is 6. The molecule has 0 atom stereocenters. The predicted molar refractivity (Wildman–Crippen MR) is 81.2 cm³/mol. The van der Waals surface area contributed by atoms with E-state index in [1.165, 1.54) is 18.8 Å². The van der Waals surface area contributed by atoms with Crippen LogP contribution in [0, 0.1) is 6.92 Å². The Morgan fingerprint density at radius 1 is 1.36 bits per heavy atom. The molecule has 2 N–H and O–H groups in total. The van der Waals surface area contributed by atoms with Crippen LogP contribution >= 0.6 is 11.8 Å². The summed E-state index contributed by atoms with van der Waals surface area (Å²) in [7, 11) is 3.34. The van der Waals surface area contributed by atoms with Crippen molar-refractivity contribution in [2.24, 2.45) is 7.05 Å². The van der Waals surface area contributed by atoms with Gasteiger partial charge in [-0.15, -0.1) is 10.2 Å². The highest BCUT2D eigenvalue weighted by molar-refractivity contribution is 7.99. The first-order valence-corrected chi connectivity index (χ1v) is 7.55. The lowest BCUT2D eigenvalue weighted by Crippen LogP contribution is -2.36. The highest BCUT2D eigenvalue weighted by Gasteiger charge is 2.15. The first kappa shape index (κ1) is 16.1. The molecule has 0 aliphatic heterocycles. The summed E-state index contributed by atoms with van der Waals surface area (Å²) in [5, 5.41) is 13.8. The number of thioether (sulfide) groups is 1. The zero-order chi connectivity index (χ0) is 16.1. The largest absolute Gasteiger partial charge is 0.469 e. The van der Waals surface area contributed by atoms with Crippen LogP contribution in [0.15, 0.2) is 21.9 Å². The maximum atomic E-state index is 11.7. The Bertz CT molecular complexity index is 679. The molecule has 0 radical (unpaired) electrons. The van der Waals surface area contributed by atoms with Crippen molar-refractivity contribution in [3.8, 4) is 11.4 Å². The van der Waals surface area contributed by atoms with Gasteiger partial charge < -0.3 is 19.6 Å². The SMILES string of the molecule is CNC(=O)CNC(=O)CSc1nnc(-c2ccoc2C)n1C. The maximum absolute atomic E-state index is 11.7. The number of furan rings is 1. The molecule has 0 fully saturated rings. The monoisotopic (exact) mass is 323 g/mol. The van der Waals surface area contributed by atoms with Crippen LogP contribution in [-0.4, -0.2) is 45.9 Å². The van der Waals surface area contributed by atoms with E-state index in [4.69, 9.17) is 4.42 Å². The molecule has 2 heterocycles. The van der Waals surface area contributed by atoms with Gasteiger partial charge in [-0.2, -0.15) is 0 Å². The molecule has 0 spiro atoms. The van der Waals surface area contributed by atoms with E-state index < -0.39 is 0 Å². The van der Waals surface area contributed by atoms with Crippen LogP contribution in [0.25, 0.3) is 11.4 Å². The highest BCUT2D eigenvalue weighted by atomic mass is 32.2. The zero-order valence-electron chi connectivity index (χ0n) is 12.5. The van der Waals surface area contributed by atoms with E-state index in [-0.39, 0.29) is 24.1 Å². The van der Waals surface area contributed by atoms with E-state index >= 15 is 0 Å². The zero-order valence-corrected chi connectivity index (χ0v) is 13.4. The van der Waals surface area contributed by atoms with E-state index in [9.17, 15) is 9.59 Å². The van der Waals surface area contributed by atoms with Gasteiger partial charge in [0, 0.05) is 14.1 Å². The summed E-state index contributed by atoms with van der Waals surface area (Å²) in [6.07, 6.45) is 1.60. The fraction of sp³-hybridized carbons (Fsp3) is 0.385. The van der Waals surface area contributed by atoms with Crippen molar-refractivity contribution in [3.63, 3.8) is 0 Å². The lowest BCUT2D eigenvalue weighted by Gasteiger charge is -2.04. The predicted octanol–water partition coefficient (Wildman–Crippen LogP) is 0.338. The standard InChI is InChI=1S/C13H17N5O3S/c1-8-9(4-5-21-8)12-16-17-13(18(12)3)22-7-11(20)15-6-10(19)14-2/h4-5H,6-7H2,1-3H3,(H,14,19)(H,15,20). The molecule has 0 saturated carbocycles. The molecule has 0 aromatic carbocycles. The van der Waals surface area contributed by atoms with Crippen molar-refractivity contribution >= 4 is 23.6 Å². The van der Waals surface area contributed by atoms with Crippen molar-refractivity contribution in [3.05, 3.63) is 18.1 Å². The normalized spacial score (nSPS) is 10.5. The molecule has 9 heteroatoms. The average molecular weight is 323 g/mol. The van der Waals surface area contributed by atoms with Crippen LogP contribution in [0.2, 0.25) is 0 Å². The fourth-order valence-electron chi connectivity index (χ4n) is 1.74. The molecule has 8 nitrogen and oxygen atoms in total. The molecule has 2 aromatic rings. The number of hydrogen-bond donors (Lipinski definition) is 2. The minimum atomic E-state index is -0.241. The van der Waals surface area contributed by atoms with Crippen LogP contribution in [0.1, 0.15) is 5.76 Å². The number of carbonyl (C=O) groups excluding carboxylic acids is 2. The number of nitrogens with one attached hydrogen (secondary N) is 2. The third-order valence-electron chi connectivity index (χ3n) is 2.99. The van der Waals surface area contributed by atoms with Crippen molar-refractivity contribution in [2.45, 2.75) is 12.1 Å². The van der Waals surface area contributed by atoms with Crippen LogP contribution in [0.5, 0.6) is 0 Å². The number of aromatic nitrogens is 3. The molecule has 0 bridgehead atoms. The second-order valence-corrected chi connectivity index (χ2v) is 5.44.